The summed E-state index contributed by atoms with van der Waals surface area (Å²) in [5.41, 5.74) is 1.95. The molecular formula is C26H27N3O6S. The fourth-order valence-corrected chi connectivity index (χ4v) is 5.52. The predicted octanol–water partition coefficient (Wildman–Crippen LogP) is 1.44. The number of thioether (sulfide) groups is 1. The average molecular weight is 510 g/mol. The number of fused-ring (bicyclic) bond motifs is 1. The number of benzene rings is 2. The van der Waals surface area contributed by atoms with Gasteiger partial charge in [0.2, 0.25) is 18.2 Å². The number of carbonyl (C=O) groups is 4. The van der Waals surface area contributed by atoms with E-state index in [2.05, 4.69) is 5.32 Å². The minimum Gasteiger partial charge on any atom is -0.451 e. The molecule has 3 atom stereocenters. The smallest absolute Gasteiger partial charge is 0.334 e. The van der Waals surface area contributed by atoms with Gasteiger partial charge in [-0.1, -0.05) is 60.7 Å². The molecular weight excluding hydrogens is 482 g/mol. The molecule has 1 fully saturated rings. The molecule has 2 unspecified atom stereocenters. The lowest BCUT2D eigenvalue weighted by Crippen LogP contribution is -2.73. The molecule has 2 aromatic rings. The Morgan fingerprint density at radius 3 is 2.31 bits per heavy atom. The van der Waals surface area contributed by atoms with Crippen molar-refractivity contribution in [1.29, 1.82) is 0 Å². The SMILES string of the molecule is CN(CCO)C(=O)CC1=CS[C@@H]2C(NC=O)C(=O)N2C1C(=O)OC(c1ccccc1)c1ccccc1. The van der Waals surface area contributed by atoms with E-state index in [1.54, 1.807) is 12.5 Å². The van der Waals surface area contributed by atoms with Gasteiger partial charge in [-0.25, -0.2) is 4.79 Å². The van der Waals surface area contributed by atoms with Crippen LogP contribution in [-0.2, 0) is 23.9 Å². The molecule has 0 saturated carbocycles. The van der Waals surface area contributed by atoms with Crippen LogP contribution in [-0.4, -0.2) is 76.8 Å². The minimum atomic E-state index is -1.12. The molecule has 3 amide bonds. The Bertz CT molecular complexity index is 1100. The van der Waals surface area contributed by atoms with Crippen molar-refractivity contribution in [1.82, 2.24) is 15.1 Å². The number of rotatable bonds is 10. The highest BCUT2D eigenvalue weighted by atomic mass is 32.2. The third-order valence-electron chi connectivity index (χ3n) is 6.19. The first kappa shape index (κ1) is 25.5. The second-order valence-electron chi connectivity index (χ2n) is 8.48. The summed E-state index contributed by atoms with van der Waals surface area (Å²) >= 11 is 1.27. The number of β-lactam (4-membered cyclic amide) rings is 1. The van der Waals surface area contributed by atoms with Gasteiger partial charge in [0, 0.05) is 13.6 Å². The number of hydrogen-bond donors (Lipinski definition) is 2. The number of amides is 3. The van der Waals surface area contributed by atoms with Gasteiger partial charge in [0.05, 0.1) is 13.0 Å². The number of aliphatic hydroxyl groups is 1. The number of aliphatic hydroxyl groups excluding tert-OH is 1. The lowest BCUT2D eigenvalue weighted by molar-refractivity contribution is -0.165. The van der Waals surface area contributed by atoms with E-state index in [9.17, 15) is 24.3 Å². The molecule has 2 aliphatic heterocycles. The van der Waals surface area contributed by atoms with Gasteiger partial charge in [-0.15, -0.1) is 11.8 Å². The molecule has 2 aliphatic rings. The van der Waals surface area contributed by atoms with Crippen LogP contribution in [0, 0.1) is 0 Å². The number of ether oxygens (including phenoxy) is 1. The van der Waals surface area contributed by atoms with E-state index in [0.717, 1.165) is 11.1 Å². The van der Waals surface area contributed by atoms with Gasteiger partial charge in [-0.3, -0.25) is 14.4 Å². The van der Waals surface area contributed by atoms with E-state index < -0.39 is 35.4 Å². The molecule has 1 saturated heterocycles. The fraction of sp³-hybridized carbons (Fsp3) is 0.308. The standard InChI is InChI=1S/C26H27N3O6S/c1-28(12-13-30)20(32)14-19-15-36-25-21(27-16-31)24(33)29(25)22(19)26(34)35-23(17-8-4-2-5-9-17)18-10-6-3-7-11-18/h2-11,15-16,21-23,25,30H,12-14H2,1H3,(H,27,31)/t21?,22?,25-/m1/s1. The second kappa shape index (κ2) is 11.4. The maximum absolute atomic E-state index is 13.7. The third kappa shape index (κ3) is 5.14. The maximum Gasteiger partial charge on any atom is 0.334 e. The summed E-state index contributed by atoms with van der Waals surface area (Å²) in [6, 6.07) is 16.7. The highest BCUT2D eigenvalue weighted by molar-refractivity contribution is 8.02. The van der Waals surface area contributed by atoms with E-state index >= 15 is 0 Å². The molecule has 2 N–H and O–H groups in total. The van der Waals surface area contributed by atoms with Crippen LogP contribution in [0.15, 0.2) is 71.6 Å². The molecule has 2 heterocycles. The van der Waals surface area contributed by atoms with Crippen LogP contribution in [0.1, 0.15) is 23.7 Å². The molecule has 2 aromatic carbocycles. The van der Waals surface area contributed by atoms with Crippen molar-refractivity contribution in [2.75, 3.05) is 20.2 Å². The summed E-state index contributed by atoms with van der Waals surface area (Å²) in [7, 11) is 1.56. The van der Waals surface area contributed by atoms with Gasteiger partial charge in [-0.05, 0) is 22.1 Å². The Labute approximate surface area is 213 Å². The molecule has 0 radical (unpaired) electrons. The predicted molar refractivity (Wildman–Crippen MR) is 133 cm³/mol. The van der Waals surface area contributed by atoms with Gasteiger partial charge in [0.15, 0.2) is 12.1 Å². The maximum atomic E-state index is 13.7. The highest BCUT2D eigenvalue weighted by Crippen LogP contribution is 2.42. The second-order valence-corrected chi connectivity index (χ2v) is 9.47. The summed E-state index contributed by atoms with van der Waals surface area (Å²) < 4.78 is 6.04. The van der Waals surface area contributed by atoms with Crippen molar-refractivity contribution in [3.63, 3.8) is 0 Å². The summed E-state index contributed by atoms with van der Waals surface area (Å²) in [6.07, 6.45) is -0.379. The first-order valence-corrected chi connectivity index (χ1v) is 12.4. The molecule has 188 valence electrons. The number of nitrogens with one attached hydrogen (secondary N) is 1. The van der Waals surface area contributed by atoms with Gasteiger partial charge in [-0.2, -0.15) is 0 Å². The topological polar surface area (TPSA) is 116 Å². The van der Waals surface area contributed by atoms with Gasteiger partial charge in [0.1, 0.15) is 11.4 Å². The van der Waals surface area contributed by atoms with E-state index in [0.29, 0.717) is 12.0 Å². The first-order valence-electron chi connectivity index (χ1n) is 11.5. The van der Waals surface area contributed by atoms with Crippen molar-refractivity contribution in [2.45, 2.75) is 30.0 Å². The zero-order chi connectivity index (χ0) is 25.7. The number of esters is 1. The van der Waals surface area contributed by atoms with Crippen LogP contribution < -0.4 is 5.32 Å². The van der Waals surface area contributed by atoms with Crippen molar-refractivity contribution in [2.24, 2.45) is 0 Å². The molecule has 0 aromatic heterocycles. The Balaban J connectivity index is 1.64. The largest absolute Gasteiger partial charge is 0.451 e. The Morgan fingerprint density at radius 1 is 1.14 bits per heavy atom. The van der Waals surface area contributed by atoms with Crippen molar-refractivity contribution < 1.29 is 29.0 Å². The van der Waals surface area contributed by atoms with Crippen LogP contribution in [0.25, 0.3) is 0 Å². The van der Waals surface area contributed by atoms with Gasteiger partial charge in [0.25, 0.3) is 0 Å². The molecule has 9 nitrogen and oxygen atoms in total. The Kier molecular flexibility index (Phi) is 8.07. The highest BCUT2D eigenvalue weighted by Gasteiger charge is 2.56. The monoisotopic (exact) mass is 509 g/mol. The van der Waals surface area contributed by atoms with E-state index in [1.807, 2.05) is 60.7 Å². The lowest BCUT2D eigenvalue weighted by Gasteiger charge is -2.51. The van der Waals surface area contributed by atoms with Crippen molar-refractivity contribution in [3.8, 4) is 0 Å². The minimum absolute atomic E-state index is 0.118. The summed E-state index contributed by atoms with van der Waals surface area (Å²) in [6.45, 7) is -0.0435. The zero-order valence-electron chi connectivity index (χ0n) is 19.7. The number of hydrogen-bond acceptors (Lipinski definition) is 7. The summed E-state index contributed by atoms with van der Waals surface area (Å²) in [5.74, 6) is -1.38. The quantitative estimate of drug-likeness (QED) is 0.283. The Morgan fingerprint density at radius 2 is 1.75 bits per heavy atom. The van der Waals surface area contributed by atoms with Gasteiger partial charge >= 0.3 is 5.97 Å². The lowest BCUT2D eigenvalue weighted by atomic mass is 9.95. The van der Waals surface area contributed by atoms with Gasteiger partial charge < -0.3 is 25.0 Å². The van der Waals surface area contributed by atoms with Crippen LogP contribution >= 0.6 is 11.8 Å². The number of carbonyl (C=O) groups excluding carboxylic acids is 4. The Hall–Kier alpha value is -3.63. The summed E-state index contributed by atoms with van der Waals surface area (Å²) in [4.78, 5) is 53.1. The van der Waals surface area contributed by atoms with Crippen LogP contribution in [0.3, 0.4) is 0 Å². The number of nitrogens with zero attached hydrogens (tertiary/aromatic N) is 2. The van der Waals surface area contributed by atoms with Crippen LogP contribution in [0.2, 0.25) is 0 Å². The van der Waals surface area contributed by atoms with E-state index in [4.69, 9.17) is 4.74 Å². The van der Waals surface area contributed by atoms with Crippen molar-refractivity contribution in [3.05, 3.63) is 82.8 Å². The molecule has 0 aliphatic carbocycles. The third-order valence-corrected chi connectivity index (χ3v) is 7.41. The molecule has 4 rings (SSSR count). The summed E-state index contributed by atoms with van der Waals surface area (Å²) in [5, 5.41) is 12.9. The first-order chi connectivity index (χ1) is 17.5. The average Bonchev–Trinajstić information content (AvgIpc) is 2.91. The molecule has 10 heteroatoms. The zero-order valence-corrected chi connectivity index (χ0v) is 20.5. The van der Waals surface area contributed by atoms with E-state index in [1.165, 1.54) is 21.6 Å². The molecule has 0 spiro atoms. The van der Waals surface area contributed by atoms with Crippen molar-refractivity contribution >= 4 is 36.0 Å². The normalized spacial score (nSPS) is 20.6. The van der Waals surface area contributed by atoms with E-state index in [-0.39, 0.29) is 25.5 Å². The molecule has 36 heavy (non-hydrogen) atoms. The molecule has 0 bridgehead atoms. The van der Waals surface area contributed by atoms with Crippen LogP contribution in [0.5, 0.6) is 0 Å². The van der Waals surface area contributed by atoms with Crippen LogP contribution in [0.4, 0.5) is 0 Å². The number of likely N-dealkylation sites (N-methyl/N-ethyl adjacent to an activating group) is 1. The fourth-order valence-electron chi connectivity index (χ4n) is 4.28.